The second-order valence-corrected chi connectivity index (χ2v) is 7.93. The summed E-state index contributed by atoms with van der Waals surface area (Å²) < 4.78 is 23.4. The van der Waals surface area contributed by atoms with E-state index in [-0.39, 0.29) is 5.75 Å². The summed E-state index contributed by atoms with van der Waals surface area (Å²) in [7, 11) is 0. The van der Waals surface area contributed by atoms with Crippen molar-refractivity contribution in [2.75, 3.05) is 13.2 Å². The molecule has 164 valence electrons. The number of rotatable bonds is 11. The Morgan fingerprint density at radius 3 is 2.07 bits per heavy atom. The number of hydrogen-bond donors (Lipinski definition) is 0. The van der Waals surface area contributed by atoms with E-state index in [1.165, 1.54) is 0 Å². The highest BCUT2D eigenvalue weighted by atomic mass is 16.5. The molecule has 0 aliphatic carbocycles. The Morgan fingerprint density at radius 1 is 0.900 bits per heavy atom. The van der Waals surface area contributed by atoms with E-state index in [1.807, 2.05) is 39.0 Å². The first-order valence-corrected chi connectivity index (χ1v) is 10.7. The molecule has 2 rings (SSSR count). The fourth-order valence-corrected chi connectivity index (χ4v) is 2.86. The van der Waals surface area contributed by atoms with Crippen LogP contribution in [-0.4, -0.2) is 18.8 Å². The Labute approximate surface area is 179 Å². The molecule has 1 aromatic heterocycles. The molecule has 0 aliphatic rings. The Hall–Kier alpha value is -2.69. The predicted octanol–water partition coefficient (Wildman–Crippen LogP) is 6.44. The van der Waals surface area contributed by atoms with Crippen LogP contribution in [0.25, 0.3) is 11.0 Å². The van der Waals surface area contributed by atoms with E-state index in [2.05, 4.69) is 32.1 Å². The summed E-state index contributed by atoms with van der Waals surface area (Å²) in [5, 5.41) is 0.662. The van der Waals surface area contributed by atoms with E-state index in [0.717, 1.165) is 19.3 Å². The first-order valence-electron chi connectivity index (χ1n) is 10.7. The highest BCUT2D eigenvalue weighted by Gasteiger charge is 2.22. The molecular formula is C25H34O5. The molecule has 0 N–H and O–H groups in total. The minimum atomic E-state index is -0.564. The Morgan fingerprint density at radius 2 is 1.50 bits per heavy atom. The van der Waals surface area contributed by atoms with E-state index >= 15 is 0 Å². The maximum absolute atomic E-state index is 12.8. The van der Waals surface area contributed by atoms with Crippen molar-refractivity contribution in [2.24, 2.45) is 0 Å². The summed E-state index contributed by atoms with van der Waals surface area (Å²) in [6, 6.07) is 5.51. The highest BCUT2D eigenvalue weighted by Crippen LogP contribution is 2.38. The van der Waals surface area contributed by atoms with Crippen LogP contribution in [0.2, 0.25) is 0 Å². The summed E-state index contributed by atoms with van der Waals surface area (Å²) in [6.07, 6.45) is 11.7. The average molecular weight is 415 g/mol. The van der Waals surface area contributed by atoms with E-state index in [1.54, 1.807) is 6.07 Å². The van der Waals surface area contributed by atoms with Gasteiger partial charge in [-0.3, -0.25) is 0 Å². The van der Waals surface area contributed by atoms with Gasteiger partial charge >= 0.3 is 5.63 Å². The third-order valence-corrected chi connectivity index (χ3v) is 4.09. The van der Waals surface area contributed by atoms with Crippen LogP contribution in [0.5, 0.6) is 17.2 Å². The number of hydrogen-bond acceptors (Lipinski definition) is 5. The average Bonchev–Trinajstić information content (AvgIpc) is 2.68. The fourth-order valence-electron chi connectivity index (χ4n) is 2.86. The van der Waals surface area contributed by atoms with Gasteiger partial charge in [0.1, 0.15) is 5.60 Å². The Bertz CT molecular complexity index is 916. The lowest BCUT2D eigenvalue weighted by Crippen LogP contribution is -2.23. The maximum Gasteiger partial charge on any atom is 0.383 e. The van der Waals surface area contributed by atoms with Crippen LogP contribution in [0.4, 0.5) is 0 Å². The van der Waals surface area contributed by atoms with Crippen molar-refractivity contribution in [3.63, 3.8) is 0 Å². The molecule has 0 amide bonds. The molecule has 0 bridgehead atoms. The zero-order valence-electron chi connectivity index (χ0n) is 18.8. The van der Waals surface area contributed by atoms with Crippen molar-refractivity contribution in [3.05, 3.63) is 52.9 Å². The second-order valence-electron chi connectivity index (χ2n) is 7.93. The molecule has 0 saturated heterocycles. The van der Waals surface area contributed by atoms with Gasteiger partial charge in [0.2, 0.25) is 5.75 Å². The van der Waals surface area contributed by atoms with Crippen LogP contribution in [0.15, 0.2) is 51.7 Å². The number of benzene rings is 1. The zero-order chi connectivity index (χ0) is 22.0. The normalized spacial score (nSPS) is 12.2. The largest absolute Gasteiger partial charge is 0.488 e. The van der Waals surface area contributed by atoms with Gasteiger partial charge in [-0.1, -0.05) is 44.2 Å². The molecule has 0 fully saturated rings. The number of fused-ring (bicyclic) bond motifs is 1. The van der Waals surface area contributed by atoms with Gasteiger partial charge in [-0.05, 0) is 58.6 Å². The molecule has 0 aliphatic heterocycles. The molecule has 0 saturated carbocycles. The Kier molecular flexibility index (Phi) is 9.03. The molecule has 1 heterocycles. The summed E-state index contributed by atoms with van der Waals surface area (Å²) >= 11 is 0. The summed E-state index contributed by atoms with van der Waals surface area (Å²) in [4.78, 5) is 12.8. The molecule has 1 aromatic carbocycles. The van der Waals surface area contributed by atoms with Gasteiger partial charge in [-0.25, -0.2) is 4.79 Å². The number of ether oxygens (including phenoxy) is 3. The van der Waals surface area contributed by atoms with Crippen LogP contribution in [-0.2, 0) is 0 Å². The molecular weight excluding hydrogens is 380 g/mol. The quantitative estimate of drug-likeness (QED) is 0.240. The fraction of sp³-hybridized carbons (Fsp3) is 0.480. The van der Waals surface area contributed by atoms with Gasteiger partial charge in [0.05, 0.1) is 18.6 Å². The lowest BCUT2D eigenvalue weighted by Gasteiger charge is -2.22. The molecule has 0 unspecified atom stereocenters. The Balaban J connectivity index is 2.42. The molecule has 0 radical (unpaired) electrons. The van der Waals surface area contributed by atoms with Gasteiger partial charge in [0.25, 0.3) is 0 Å². The van der Waals surface area contributed by atoms with Gasteiger partial charge in [-0.2, -0.15) is 0 Å². The first-order chi connectivity index (χ1) is 14.4. The molecule has 5 heteroatoms. The third-order valence-electron chi connectivity index (χ3n) is 4.09. The zero-order valence-corrected chi connectivity index (χ0v) is 18.8. The summed E-state index contributed by atoms with van der Waals surface area (Å²) in [5.41, 5.74) is -0.625. The SMILES string of the molecule is CCC=CCCOc1c(OCCC=CCC)c2cccc(OC(C)(C)C)c2oc1=O. The van der Waals surface area contributed by atoms with Crippen molar-refractivity contribution in [1.82, 2.24) is 0 Å². The molecule has 5 nitrogen and oxygen atoms in total. The van der Waals surface area contributed by atoms with Crippen molar-refractivity contribution < 1.29 is 18.6 Å². The van der Waals surface area contributed by atoms with Crippen LogP contribution < -0.4 is 19.8 Å². The highest BCUT2D eigenvalue weighted by molar-refractivity contribution is 5.89. The van der Waals surface area contributed by atoms with Crippen LogP contribution >= 0.6 is 0 Å². The minimum absolute atomic E-state index is 0.111. The molecule has 0 spiro atoms. The van der Waals surface area contributed by atoms with Crippen molar-refractivity contribution in [1.29, 1.82) is 0 Å². The second kappa shape index (κ2) is 11.5. The van der Waals surface area contributed by atoms with E-state index in [9.17, 15) is 4.79 Å². The molecule has 2 aromatic rings. The van der Waals surface area contributed by atoms with Gasteiger partial charge in [0, 0.05) is 0 Å². The van der Waals surface area contributed by atoms with Crippen molar-refractivity contribution in [3.8, 4) is 17.2 Å². The maximum atomic E-state index is 12.8. The molecule has 30 heavy (non-hydrogen) atoms. The standard InChI is InChI=1S/C25H34O5/c1-6-8-10-12-17-27-22-19-15-14-16-20(30-25(3,4)5)21(19)29-24(26)23(22)28-18-13-11-9-7-2/h8-11,14-16H,6-7,12-13,17-18H2,1-5H3. The number of allylic oxidation sites excluding steroid dienone is 2. The monoisotopic (exact) mass is 414 g/mol. The first kappa shape index (κ1) is 23.6. The third kappa shape index (κ3) is 6.97. The van der Waals surface area contributed by atoms with E-state index in [4.69, 9.17) is 18.6 Å². The van der Waals surface area contributed by atoms with Crippen LogP contribution in [0.3, 0.4) is 0 Å². The van der Waals surface area contributed by atoms with Crippen molar-refractivity contribution in [2.45, 2.75) is 65.9 Å². The predicted molar refractivity (Wildman–Crippen MR) is 122 cm³/mol. The smallest absolute Gasteiger partial charge is 0.383 e. The van der Waals surface area contributed by atoms with Gasteiger partial charge < -0.3 is 18.6 Å². The summed E-state index contributed by atoms with van der Waals surface area (Å²) in [5.74, 6) is 1.02. The lowest BCUT2D eigenvalue weighted by atomic mass is 10.1. The topological polar surface area (TPSA) is 57.9 Å². The van der Waals surface area contributed by atoms with E-state index in [0.29, 0.717) is 42.1 Å². The van der Waals surface area contributed by atoms with Crippen molar-refractivity contribution >= 4 is 11.0 Å². The van der Waals surface area contributed by atoms with Crippen LogP contribution in [0.1, 0.15) is 60.3 Å². The minimum Gasteiger partial charge on any atom is -0.488 e. The number of para-hydroxylation sites is 1. The summed E-state index contributed by atoms with van der Waals surface area (Å²) in [6.45, 7) is 10.8. The van der Waals surface area contributed by atoms with Gasteiger partial charge in [0.15, 0.2) is 17.1 Å². The van der Waals surface area contributed by atoms with Crippen LogP contribution in [0, 0.1) is 0 Å². The van der Waals surface area contributed by atoms with Gasteiger partial charge in [-0.15, -0.1) is 0 Å². The molecule has 0 atom stereocenters. The van der Waals surface area contributed by atoms with E-state index < -0.39 is 11.2 Å². The lowest BCUT2D eigenvalue weighted by molar-refractivity contribution is 0.131.